The first-order valence-corrected chi connectivity index (χ1v) is 6.25. The SMILES string of the molecule is N#CCC1(Cn2cnc3ccc(C(N)=O)cc32)CC1. The van der Waals surface area contributed by atoms with Crippen molar-refractivity contribution in [2.45, 2.75) is 25.8 Å². The first kappa shape index (κ1) is 11.7. The number of hydrogen-bond donors (Lipinski definition) is 1. The Morgan fingerprint density at radius 2 is 2.32 bits per heavy atom. The zero-order chi connectivity index (χ0) is 13.5. The molecule has 1 heterocycles. The van der Waals surface area contributed by atoms with Crippen LogP contribution in [0.5, 0.6) is 0 Å². The molecule has 1 aliphatic rings. The van der Waals surface area contributed by atoms with Crippen LogP contribution in [0.15, 0.2) is 24.5 Å². The molecule has 2 aromatic rings. The first-order valence-electron chi connectivity index (χ1n) is 6.25. The maximum atomic E-state index is 11.2. The van der Waals surface area contributed by atoms with Gasteiger partial charge in [-0.25, -0.2) is 4.98 Å². The summed E-state index contributed by atoms with van der Waals surface area (Å²) >= 11 is 0. The number of carbonyl (C=O) groups excluding carboxylic acids is 1. The Morgan fingerprint density at radius 3 is 2.95 bits per heavy atom. The molecule has 1 fully saturated rings. The highest BCUT2D eigenvalue weighted by atomic mass is 16.1. The van der Waals surface area contributed by atoms with E-state index < -0.39 is 5.91 Å². The topological polar surface area (TPSA) is 84.7 Å². The summed E-state index contributed by atoms with van der Waals surface area (Å²) in [5.41, 5.74) is 7.64. The minimum atomic E-state index is -0.437. The van der Waals surface area contributed by atoms with Crippen LogP contribution in [0.25, 0.3) is 11.0 Å². The summed E-state index contributed by atoms with van der Waals surface area (Å²) in [7, 11) is 0. The van der Waals surface area contributed by atoms with Crippen LogP contribution in [0.4, 0.5) is 0 Å². The van der Waals surface area contributed by atoms with Crippen molar-refractivity contribution in [1.29, 1.82) is 5.26 Å². The van der Waals surface area contributed by atoms with E-state index in [-0.39, 0.29) is 5.41 Å². The van der Waals surface area contributed by atoms with Crippen molar-refractivity contribution in [3.05, 3.63) is 30.1 Å². The predicted octanol–water partition coefficient (Wildman–Crippen LogP) is 1.83. The summed E-state index contributed by atoms with van der Waals surface area (Å²) in [6, 6.07) is 7.51. The molecule has 1 amide bonds. The molecule has 19 heavy (non-hydrogen) atoms. The maximum Gasteiger partial charge on any atom is 0.248 e. The minimum absolute atomic E-state index is 0.102. The van der Waals surface area contributed by atoms with Gasteiger partial charge in [0.25, 0.3) is 0 Å². The highest BCUT2D eigenvalue weighted by Crippen LogP contribution is 2.50. The van der Waals surface area contributed by atoms with Crippen molar-refractivity contribution in [1.82, 2.24) is 9.55 Å². The van der Waals surface area contributed by atoms with Crippen LogP contribution in [0.3, 0.4) is 0 Å². The second kappa shape index (κ2) is 4.09. The molecule has 1 aromatic carbocycles. The number of nitriles is 1. The molecule has 0 atom stereocenters. The van der Waals surface area contributed by atoms with E-state index in [9.17, 15) is 4.79 Å². The van der Waals surface area contributed by atoms with Crippen LogP contribution in [0.1, 0.15) is 29.6 Å². The van der Waals surface area contributed by atoms with Crippen LogP contribution in [-0.2, 0) is 6.54 Å². The molecule has 5 heteroatoms. The lowest BCUT2D eigenvalue weighted by atomic mass is 10.0. The number of primary amides is 1. The van der Waals surface area contributed by atoms with Gasteiger partial charge in [-0.2, -0.15) is 5.26 Å². The number of amides is 1. The molecule has 0 spiro atoms. The van der Waals surface area contributed by atoms with E-state index in [2.05, 4.69) is 11.1 Å². The van der Waals surface area contributed by atoms with E-state index in [1.54, 1.807) is 24.5 Å². The third-order valence-electron chi connectivity index (χ3n) is 3.82. The van der Waals surface area contributed by atoms with Crippen LogP contribution < -0.4 is 5.73 Å². The molecule has 0 bridgehead atoms. The van der Waals surface area contributed by atoms with Gasteiger partial charge in [-0.15, -0.1) is 0 Å². The zero-order valence-electron chi connectivity index (χ0n) is 10.5. The second-order valence-corrected chi connectivity index (χ2v) is 5.28. The molecule has 0 unspecified atom stereocenters. The second-order valence-electron chi connectivity index (χ2n) is 5.28. The average Bonchev–Trinajstić information content (AvgIpc) is 3.03. The number of fused-ring (bicyclic) bond motifs is 1. The minimum Gasteiger partial charge on any atom is -0.366 e. The summed E-state index contributed by atoms with van der Waals surface area (Å²) in [6.07, 6.45) is 4.50. The van der Waals surface area contributed by atoms with Gasteiger partial charge in [-0.1, -0.05) is 0 Å². The highest BCUT2D eigenvalue weighted by molar-refractivity contribution is 5.96. The van der Waals surface area contributed by atoms with E-state index in [4.69, 9.17) is 11.0 Å². The number of rotatable bonds is 4. The summed E-state index contributed by atoms with van der Waals surface area (Å²) in [5.74, 6) is -0.437. The standard InChI is InChI=1S/C14H14N4O/c15-6-5-14(3-4-14)8-18-9-17-11-2-1-10(13(16)19)7-12(11)18/h1-2,7,9H,3-5,8H2,(H2,16,19). The number of hydrogen-bond acceptors (Lipinski definition) is 3. The largest absolute Gasteiger partial charge is 0.366 e. The van der Waals surface area contributed by atoms with Gasteiger partial charge in [0, 0.05) is 23.9 Å². The molecule has 2 N–H and O–H groups in total. The predicted molar refractivity (Wildman–Crippen MR) is 70.1 cm³/mol. The molecule has 0 aliphatic heterocycles. The summed E-state index contributed by atoms with van der Waals surface area (Å²) < 4.78 is 2.02. The van der Waals surface area contributed by atoms with Gasteiger partial charge in [0.15, 0.2) is 0 Å². The van der Waals surface area contributed by atoms with Gasteiger partial charge >= 0.3 is 0 Å². The van der Waals surface area contributed by atoms with E-state index in [1.165, 1.54) is 0 Å². The van der Waals surface area contributed by atoms with Crippen molar-refractivity contribution < 1.29 is 4.79 Å². The van der Waals surface area contributed by atoms with Gasteiger partial charge in [0.2, 0.25) is 5.91 Å². The van der Waals surface area contributed by atoms with E-state index in [1.807, 2.05) is 4.57 Å². The number of imidazole rings is 1. The van der Waals surface area contributed by atoms with E-state index in [0.29, 0.717) is 12.0 Å². The molecule has 96 valence electrons. The van der Waals surface area contributed by atoms with Gasteiger partial charge in [-0.05, 0) is 31.0 Å². The summed E-state index contributed by atoms with van der Waals surface area (Å²) in [4.78, 5) is 15.5. The fraction of sp³-hybridized carbons (Fsp3) is 0.357. The summed E-state index contributed by atoms with van der Waals surface area (Å²) in [5, 5.41) is 8.86. The molecule has 1 aromatic heterocycles. The molecular formula is C14H14N4O. The number of benzene rings is 1. The van der Waals surface area contributed by atoms with Crippen molar-refractivity contribution in [3.63, 3.8) is 0 Å². The number of nitrogens with two attached hydrogens (primary N) is 1. The lowest BCUT2D eigenvalue weighted by Gasteiger charge is -2.12. The Morgan fingerprint density at radius 1 is 1.53 bits per heavy atom. The normalized spacial score (nSPS) is 16.2. The van der Waals surface area contributed by atoms with Crippen LogP contribution >= 0.6 is 0 Å². The molecule has 0 radical (unpaired) electrons. The van der Waals surface area contributed by atoms with Crippen LogP contribution in [-0.4, -0.2) is 15.5 Å². The average molecular weight is 254 g/mol. The maximum absolute atomic E-state index is 11.2. The van der Waals surface area contributed by atoms with Gasteiger partial charge in [-0.3, -0.25) is 4.79 Å². The van der Waals surface area contributed by atoms with Crippen molar-refractivity contribution >= 4 is 16.9 Å². The smallest absolute Gasteiger partial charge is 0.248 e. The Bertz CT molecular complexity index is 691. The quantitative estimate of drug-likeness (QED) is 0.903. The highest BCUT2D eigenvalue weighted by Gasteiger charge is 2.42. The molecule has 1 saturated carbocycles. The molecular weight excluding hydrogens is 240 g/mol. The van der Waals surface area contributed by atoms with Crippen molar-refractivity contribution in [2.24, 2.45) is 11.1 Å². The zero-order valence-corrected chi connectivity index (χ0v) is 10.5. The number of nitrogens with zero attached hydrogens (tertiary/aromatic N) is 3. The van der Waals surface area contributed by atoms with Crippen LogP contribution in [0.2, 0.25) is 0 Å². The Balaban J connectivity index is 1.98. The Hall–Kier alpha value is -2.35. The number of carbonyl (C=O) groups is 1. The van der Waals surface area contributed by atoms with Crippen molar-refractivity contribution in [3.8, 4) is 6.07 Å². The van der Waals surface area contributed by atoms with Crippen molar-refractivity contribution in [2.75, 3.05) is 0 Å². The van der Waals surface area contributed by atoms with Gasteiger partial charge in [0.05, 0.1) is 23.4 Å². The van der Waals surface area contributed by atoms with Crippen LogP contribution in [0, 0.1) is 16.7 Å². The number of aromatic nitrogens is 2. The van der Waals surface area contributed by atoms with Gasteiger partial charge < -0.3 is 10.3 Å². The Labute approximate surface area is 110 Å². The fourth-order valence-corrected chi connectivity index (χ4v) is 2.43. The van der Waals surface area contributed by atoms with Gasteiger partial charge in [0.1, 0.15) is 0 Å². The Kier molecular flexibility index (Phi) is 2.53. The third-order valence-corrected chi connectivity index (χ3v) is 3.82. The molecule has 3 rings (SSSR count). The summed E-state index contributed by atoms with van der Waals surface area (Å²) in [6.45, 7) is 0.777. The lowest BCUT2D eigenvalue weighted by Crippen LogP contribution is -2.12. The molecule has 0 saturated heterocycles. The lowest BCUT2D eigenvalue weighted by molar-refractivity contribution is 0.100. The van der Waals surface area contributed by atoms with E-state index >= 15 is 0 Å². The fourth-order valence-electron chi connectivity index (χ4n) is 2.43. The molecule has 1 aliphatic carbocycles. The third kappa shape index (κ3) is 2.06. The van der Waals surface area contributed by atoms with E-state index in [0.717, 1.165) is 30.4 Å². The first-order chi connectivity index (χ1) is 9.13. The monoisotopic (exact) mass is 254 g/mol. The molecule has 5 nitrogen and oxygen atoms in total.